The van der Waals surface area contributed by atoms with Crippen molar-refractivity contribution in [3.8, 4) is 0 Å². The lowest BCUT2D eigenvalue weighted by molar-refractivity contribution is 0.105. The number of carbonyl (C=O) groups excluding carboxylic acids is 1. The number of rotatable bonds is 4. The summed E-state index contributed by atoms with van der Waals surface area (Å²) in [5.74, 6) is 0.0583. The van der Waals surface area contributed by atoms with Crippen molar-refractivity contribution in [3.63, 3.8) is 0 Å². The molecule has 0 saturated heterocycles. The molecule has 0 unspecified atom stereocenters. The number of allylic oxidation sites excluding steroid dienone is 1. The minimum absolute atomic E-state index is 0.0583. The number of hydrogen-bond donors (Lipinski definition) is 0. The van der Waals surface area contributed by atoms with Gasteiger partial charge in [0.25, 0.3) is 0 Å². The first kappa shape index (κ1) is 12.8. The molecule has 2 aromatic rings. The van der Waals surface area contributed by atoms with Gasteiger partial charge < -0.3 is 0 Å². The third-order valence-corrected chi connectivity index (χ3v) is 4.18. The van der Waals surface area contributed by atoms with Gasteiger partial charge in [0, 0.05) is 23.2 Å². The molecule has 0 aliphatic carbocycles. The van der Waals surface area contributed by atoms with Crippen molar-refractivity contribution in [2.45, 2.75) is 20.3 Å². The van der Waals surface area contributed by atoms with Crippen LogP contribution in [-0.2, 0) is 13.5 Å². The lowest BCUT2D eigenvalue weighted by atomic mass is 10.2. The quantitative estimate of drug-likeness (QED) is 0.625. The van der Waals surface area contributed by atoms with Crippen LogP contribution in [-0.4, -0.2) is 15.6 Å². The van der Waals surface area contributed by atoms with Crippen molar-refractivity contribution in [1.82, 2.24) is 9.78 Å². The average molecular weight is 260 g/mol. The molecule has 0 aromatic carbocycles. The van der Waals surface area contributed by atoms with Crippen LogP contribution in [0.3, 0.4) is 0 Å². The molecular formula is C14H16N2OS. The molecule has 3 nitrogen and oxygen atoms in total. The van der Waals surface area contributed by atoms with Crippen molar-refractivity contribution in [3.05, 3.63) is 45.4 Å². The molecule has 0 aliphatic rings. The summed E-state index contributed by atoms with van der Waals surface area (Å²) in [6.45, 7) is 4.08. The summed E-state index contributed by atoms with van der Waals surface area (Å²) in [4.78, 5) is 14.0. The number of ketones is 1. The van der Waals surface area contributed by atoms with E-state index >= 15 is 0 Å². The van der Waals surface area contributed by atoms with Crippen LogP contribution in [0.2, 0.25) is 0 Å². The zero-order valence-electron chi connectivity index (χ0n) is 10.8. The fourth-order valence-electron chi connectivity index (χ4n) is 1.63. The van der Waals surface area contributed by atoms with Gasteiger partial charge in [-0.05, 0) is 37.6 Å². The summed E-state index contributed by atoms with van der Waals surface area (Å²) < 4.78 is 1.80. The summed E-state index contributed by atoms with van der Waals surface area (Å²) in [6.07, 6.45) is 6.19. The zero-order valence-corrected chi connectivity index (χ0v) is 11.6. The van der Waals surface area contributed by atoms with Gasteiger partial charge in [-0.2, -0.15) is 5.10 Å². The van der Waals surface area contributed by atoms with E-state index in [-0.39, 0.29) is 5.78 Å². The molecule has 2 heterocycles. The number of thiophene rings is 1. The summed E-state index contributed by atoms with van der Waals surface area (Å²) >= 11 is 1.56. The van der Waals surface area contributed by atoms with Gasteiger partial charge in [-0.15, -0.1) is 11.3 Å². The molecule has 0 atom stereocenters. The van der Waals surface area contributed by atoms with E-state index in [9.17, 15) is 4.79 Å². The van der Waals surface area contributed by atoms with Crippen molar-refractivity contribution in [2.75, 3.05) is 0 Å². The summed E-state index contributed by atoms with van der Waals surface area (Å²) in [5.41, 5.74) is 2.04. The van der Waals surface area contributed by atoms with E-state index in [1.165, 1.54) is 4.88 Å². The molecule has 0 saturated carbocycles. The first-order chi connectivity index (χ1) is 8.61. The van der Waals surface area contributed by atoms with Crippen LogP contribution < -0.4 is 0 Å². The van der Waals surface area contributed by atoms with Crippen LogP contribution in [0.5, 0.6) is 0 Å². The molecule has 94 valence electrons. The molecule has 0 aliphatic heterocycles. The average Bonchev–Trinajstić information content (AvgIpc) is 2.96. The molecule has 0 radical (unpaired) electrons. The van der Waals surface area contributed by atoms with Crippen molar-refractivity contribution < 1.29 is 4.79 Å². The molecule has 2 aromatic heterocycles. The van der Waals surface area contributed by atoms with E-state index in [4.69, 9.17) is 0 Å². The Balaban J connectivity index is 2.14. The van der Waals surface area contributed by atoms with Gasteiger partial charge in [0.2, 0.25) is 0 Å². The smallest absolute Gasteiger partial charge is 0.195 e. The van der Waals surface area contributed by atoms with E-state index in [1.807, 2.05) is 32.2 Å². The second-order valence-electron chi connectivity index (χ2n) is 4.13. The number of carbonyl (C=O) groups is 1. The second kappa shape index (κ2) is 5.31. The largest absolute Gasteiger partial charge is 0.288 e. The number of nitrogens with zero attached hydrogens (tertiary/aromatic N) is 2. The highest BCUT2D eigenvalue weighted by molar-refractivity contribution is 7.14. The standard InChI is InChI=1S/C14H16N2OS/c1-4-12-6-8-14(18-12)13(17)7-5-11-9-15-16(3)10(11)2/h5-9H,4H2,1-3H3. The Bertz CT molecular complexity index is 593. The number of aryl methyl sites for hydroxylation is 2. The van der Waals surface area contributed by atoms with Crippen LogP contribution in [0, 0.1) is 6.92 Å². The van der Waals surface area contributed by atoms with Gasteiger partial charge in [-0.1, -0.05) is 6.92 Å². The predicted molar refractivity (Wildman–Crippen MR) is 75.0 cm³/mol. The lowest BCUT2D eigenvalue weighted by Crippen LogP contribution is -1.92. The van der Waals surface area contributed by atoms with Gasteiger partial charge in [0.1, 0.15) is 0 Å². The third-order valence-electron chi connectivity index (χ3n) is 2.94. The van der Waals surface area contributed by atoms with Crippen LogP contribution >= 0.6 is 11.3 Å². The van der Waals surface area contributed by atoms with E-state index in [0.29, 0.717) is 0 Å². The fraction of sp³-hybridized carbons (Fsp3) is 0.286. The maximum absolute atomic E-state index is 12.0. The first-order valence-electron chi connectivity index (χ1n) is 5.91. The second-order valence-corrected chi connectivity index (χ2v) is 5.29. The summed E-state index contributed by atoms with van der Waals surface area (Å²) in [6, 6.07) is 3.91. The maximum atomic E-state index is 12.0. The van der Waals surface area contributed by atoms with Gasteiger partial charge in [0.15, 0.2) is 5.78 Å². The van der Waals surface area contributed by atoms with E-state index < -0.39 is 0 Å². The van der Waals surface area contributed by atoms with Gasteiger partial charge >= 0.3 is 0 Å². The SMILES string of the molecule is CCc1ccc(C(=O)C=Cc2cnn(C)c2C)s1. The highest BCUT2D eigenvalue weighted by atomic mass is 32.1. The zero-order chi connectivity index (χ0) is 13.1. The Morgan fingerprint density at radius 1 is 1.50 bits per heavy atom. The highest BCUT2D eigenvalue weighted by Crippen LogP contribution is 2.18. The summed E-state index contributed by atoms with van der Waals surface area (Å²) in [7, 11) is 1.89. The monoisotopic (exact) mass is 260 g/mol. The maximum Gasteiger partial charge on any atom is 0.195 e. The van der Waals surface area contributed by atoms with E-state index in [1.54, 1.807) is 28.3 Å². The molecule has 0 fully saturated rings. The Morgan fingerprint density at radius 3 is 2.83 bits per heavy atom. The number of hydrogen-bond acceptors (Lipinski definition) is 3. The van der Waals surface area contributed by atoms with E-state index in [0.717, 1.165) is 22.6 Å². The Kier molecular flexibility index (Phi) is 3.77. The van der Waals surface area contributed by atoms with Gasteiger partial charge in [0.05, 0.1) is 11.1 Å². The van der Waals surface area contributed by atoms with Crippen LogP contribution in [0.4, 0.5) is 0 Å². The molecule has 0 N–H and O–H groups in total. The lowest BCUT2D eigenvalue weighted by Gasteiger charge is -1.93. The normalized spacial score (nSPS) is 11.3. The van der Waals surface area contributed by atoms with Gasteiger partial charge in [-0.25, -0.2) is 0 Å². The molecule has 0 amide bonds. The molecular weight excluding hydrogens is 244 g/mol. The highest BCUT2D eigenvalue weighted by Gasteiger charge is 2.06. The fourth-order valence-corrected chi connectivity index (χ4v) is 2.49. The van der Waals surface area contributed by atoms with Crippen LogP contribution in [0.15, 0.2) is 24.4 Å². The minimum Gasteiger partial charge on any atom is -0.288 e. The third kappa shape index (κ3) is 2.59. The van der Waals surface area contributed by atoms with Crippen LogP contribution in [0.1, 0.15) is 32.7 Å². The van der Waals surface area contributed by atoms with Crippen molar-refractivity contribution in [1.29, 1.82) is 0 Å². The predicted octanol–water partition coefficient (Wildman–Crippen LogP) is 3.25. The Morgan fingerprint density at radius 2 is 2.28 bits per heavy atom. The van der Waals surface area contributed by atoms with E-state index in [2.05, 4.69) is 12.0 Å². The molecule has 0 spiro atoms. The molecule has 2 rings (SSSR count). The summed E-state index contributed by atoms with van der Waals surface area (Å²) in [5, 5.41) is 4.14. The Hall–Kier alpha value is -1.68. The van der Waals surface area contributed by atoms with Crippen molar-refractivity contribution >= 4 is 23.2 Å². The Labute approximate surface area is 111 Å². The molecule has 0 bridgehead atoms. The first-order valence-corrected chi connectivity index (χ1v) is 6.73. The molecule has 4 heteroatoms. The number of aromatic nitrogens is 2. The minimum atomic E-state index is 0.0583. The topological polar surface area (TPSA) is 34.9 Å². The van der Waals surface area contributed by atoms with Crippen LogP contribution in [0.25, 0.3) is 6.08 Å². The van der Waals surface area contributed by atoms with Gasteiger partial charge in [-0.3, -0.25) is 9.48 Å². The van der Waals surface area contributed by atoms with Crippen molar-refractivity contribution in [2.24, 2.45) is 7.05 Å². The molecule has 18 heavy (non-hydrogen) atoms.